The molecule has 44 heavy (non-hydrogen) atoms. The molecule has 10 heteroatoms. The van der Waals surface area contributed by atoms with Gasteiger partial charge in [0, 0.05) is 54.6 Å². The van der Waals surface area contributed by atoms with E-state index in [1.165, 1.54) is 0 Å². The Kier molecular flexibility index (Phi) is 8.00. The van der Waals surface area contributed by atoms with Gasteiger partial charge < -0.3 is 30.0 Å². The quantitative estimate of drug-likeness (QED) is 0.214. The minimum absolute atomic E-state index is 0.135. The smallest absolute Gasteiger partial charge is 0.276 e. The number of hydrogen-bond donors (Lipinski definition) is 3. The highest BCUT2D eigenvalue weighted by atomic mass is 16.5. The number of ether oxygens (including phenoxy) is 1. The number of piperidine rings is 1. The van der Waals surface area contributed by atoms with E-state index in [1.54, 1.807) is 17.0 Å². The Morgan fingerprint density at radius 3 is 2.66 bits per heavy atom. The lowest BCUT2D eigenvalue weighted by Gasteiger charge is -2.24. The second-order valence-corrected chi connectivity index (χ2v) is 11.5. The van der Waals surface area contributed by atoms with Crippen molar-refractivity contribution in [2.24, 2.45) is 0 Å². The first-order chi connectivity index (χ1) is 21.6. The van der Waals surface area contributed by atoms with Crippen LogP contribution in [0.3, 0.4) is 0 Å². The lowest BCUT2D eigenvalue weighted by molar-refractivity contribution is 0.167. The van der Waals surface area contributed by atoms with E-state index in [1.807, 2.05) is 78.7 Å². The van der Waals surface area contributed by atoms with Gasteiger partial charge in [0.25, 0.3) is 5.56 Å². The predicted molar refractivity (Wildman–Crippen MR) is 173 cm³/mol. The first-order valence-corrected chi connectivity index (χ1v) is 15.3. The molecule has 2 aliphatic rings. The predicted octanol–water partition coefficient (Wildman–Crippen LogP) is 5.15. The van der Waals surface area contributed by atoms with Crippen LogP contribution in [0.4, 0.5) is 23.0 Å². The first-order valence-electron chi connectivity index (χ1n) is 15.3. The molecule has 0 bridgehead atoms. The van der Waals surface area contributed by atoms with E-state index in [4.69, 9.17) is 14.1 Å². The average Bonchev–Trinajstić information content (AvgIpc) is 3.76. The van der Waals surface area contributed by atoms with Gasteiger partial charge in [0.15, 0.2) is 0 Å². The van der Waals surface area contributed by atoms with Crippen LogP contribution in [-0.2, 0) is 6.54 Å². The van der Waals surface area contributed by atoms with Gasteiger partial charge in [-0.25, -0.2) is 4.98 Å². The third-order valence-corrected chi connectivity index (χ3v) is 8.52. The third-order valence-electron chi connectivity index (χ3n) is 8.52. The van der Waals surface area contributed by atoms with Crippen molar-refractivity contribution in [2.75, 3.05) is 43.4 Å². The second kappa shape index (κ2) is 12.5. The number of fused-ring (bicyclic) bond motifs is 1. The summed E-state index contributed by atoms with van der Waals surface area (Å²) < 4.78 is 13.8. The van der Waals surface area contributed by atoms with Crippen LogP contribution in [0.5, 0.6) is 5.75 Å². The third kappa shape index (κ3) is 5.91. The molecule has 5 heterocycles. The molecule has 2 aromatic carbocycles. The Labute approximate surface area is 256 Å². The number of pyridine rings is 1. The fourth-order valence-corrected chi connectivity index (χ4v) is 6.13. The highest BCUT2D eigenvalue weighted by molar-refractivity contribution is 5.81. The van der Waals surface area contributed by atoms with Crippen LogP contribution >= 0.6 is 0 Å². The monoisotopic (exact) mass is 591 g/mol. The maximum absolute atomic E-state index is 14.2. The molecule has 10 nitrogen and oxygen atoms in total. The molecular formula is C34H37N7O3. The molecule has 226 valence electrons. The summed E-state index contributed by atoms with van der Waals surface area (Å²) in [5.41, 5.74) is 3.70. The molecule has 0 radical (unpaired) electrons. The molecule has 0 spiro atoms. The van der Waals surface area contributed by atoms with Crippen LogP contribution < -0.4 is 31.1 Å². The molecule has 0 aliphatic carbocycles. The fraction of sp³-hybridized carbons (Fsp3) is 0.324. The summed E-state index contributed by atoms with van der Waals surface area (Å²) in [6.45, 7) is 4.08. The van der Waals surface area contributed by atoms with Gasteiger partial charge in [-0.2, -0.15) is 4.98 Å². The minimum Gasteiger partial charge on any atom is -0.489 e. The van der Waals surface area contributed by atoms with Crippen molar-refractivity contribution in [1.29, 1.82) is 0 Å². The molecule has 2 fully saturated rings. The summed E-state index contributed by atoms with van der Waals surface area (Å²) in [5, 5.41) is 10.9. The highest BCUT2D eigenvalue weighted by Gasteiger charge is 2.24. The average molecular weight is 592 g/mol. The molecule has 5 aromatic rings. The van der Waals surface area contributed by atoms with Crippen molar-refractivity contribution in [3.63, 3.8) is 0 Å². The molecule has 0 saturated carbocycles. The van der Waals surface area contributed by atoms with Crippen molar-refractivity contribution >= 4 is 34.0 Å². The van der Waals surface area contributed by atoms with Gasteiger partial charge >= 0.3 is 0 Å². The molecule has 2 unspecified atom stereocenters. The van der Waals surface area contributed by atoms with Crippen molar-refractivity contribution in [1.82, 2.24) is 25.2 Å². The van der Waals surface area contributed by atoms with E-state index in [0.717, 1.165) is 79.3 Å². The van der Waals surface area contributed by atoms with Crippen LogP contribution in [0.15, 0.2) is 88.4 Å². The Hall–Kier alpha value is -4.67. The number of nitrogens with zero attached hydrogens (tertiary/aromatic N) is 4. The van der Waals surface area contributed by atoms with E-state index in [2.05, 4.69) is 20.9 Å². The van der Waals surface area contributed by atoms with Crippen LogP contribution in [0.2, 0.25) is 0 Å². The van der Waals surface area contributed by atoms with E-state index in [9.17, 15) is 4.79 Å². The van der Waals surface area contributed by atoms with E-state index < -0.39 is 0 Å². The molecule has 2 aliphatic heterocycles. The van der Waals surface area contributed by atoms with Crippen LogP contribution in [-0.4, -0.2) is 53.9 Å². The van der Waals surface area contributed by atoms with Gasteiger partial charge in [0.05, 0.1) is 12.8 Å². The molecule has 0 amide bonds. The van der Waals surface area contributed by atoms with E-state index >= 15 is 0 Å². The number of para-hydroxylation sites is 1. The van der Waals surface area contributed by atoms with Crippen LogP contribution in [0, 0.1) is 0 Å². The lowest BCUT2D eigenvalue weighted by Crippen LogP contribution is -2.37. The van der Waals surface area contributed by atoms with Gasteiger partial charge in [-0.3, -0.25) is 9.36 Å². The minimum atomic E-state index is -0.135. The van der Waals surface area contributed by atoms with Gasteiger partial charge in [0.2, 0.25) is 5.95 Å². The molecule has 2 atom stereocenters. The molecule has 2 saturated heterocycles. The molecule has 3 aromatic heterocycles. The van der Waals surface area contributed by atoms with Crippen molar-refractivity contribution in [3.8, 4) is 5.75 Å². The summed E-state index contributed by atoms with van der Waals surface area (Å²) in [6, 6.07) is 21.5. The van der Waals surface area contributed by atoms with Gasteiger partial charge in [0.1, 0.15) is 28.9 Å². The fourth-order valence-electron chi connectivity index (χ4n) is 6.13. The zero-order chi connectivity index (χ0) is 29.9. The van der Waals surface area contributed by atoms with Crippen molar-refractivity contribution in [2.45, 2.75) is 37.8 Å². The molecule has 7 rings (SSSR count). The maximum Gasteiger partial charge on any atom is 0.276 e. The van der Waals surface area contributed by atoms with Crippen molar-refractivity contribution in [3.05, 3.63) is 101 Å². The lowest BCUT2D eigenvalue weighted by atomic mass is 10.0. The zero-order valence-electron chi connectivity index (χ0n) is 24.8. The maximum atomic E-state index is 14.2. The second-order valence-electron chi connectivity index (χ2n) is 11.5. The van der Waals surface area contributed by atoms with E-state index in [-0.39, 0.29) is 17.6 Å². The van der Waals surface area contributed by atoms with Gasteiger partial charge in [-0.1, -0.05) is 18.2 Å². The number of furan rings is 1. The Morgan fingerprint density at radius 2 is 1.89 bits per heavy atom. The summed E-state index contributed by atoms with van der Waals surface area (Å²) in [6.07, 6.45) is 6.86. The Balaban J connectivity index is 1.22. The highest BCUT2D eigenvalue weighted by Crippen LogP contribution is 2.29. The number of rotatable bonds is 9. The first kappa shape index (κ1) is 28.1. The largest absolute Gasteiger partial charge is 0.489 e. The van der Waals surface area contributed by atoms with Gasteiger partial charge in [-0.15, -0.1) is 0 Å². The summed E-state index contributed by atoms with van der Waals surface area (Å²) in [5.74, 6) is 2.45. The normalized spacial score (nSPS) is 18.4. The number of hydrogen-bond acceptors (Lipinski definition) is 9. The zero-order valence-corrected chi connectivity index (χ0v) is 24.8. The number of benzene rings is 2. The van der Waals surface area contributed by atoms with Crippen LogP contribution in [0.1, 0.15) is 36.5 Å². The van der Waals surface area contributed by atoms with Crippen LogP contribution in [0.25, 0.3) is 11.0 Å². The SMILES string of the molecule is CN(c1ccccc1)c1cc2cnc(Nc3ccc(OC4CCCNC4)cc3)nc2n(Cc2ccoc2C2CCNC2)c1=O. The topological polar surface area (TPSA) is 109 Å². The number of anilines is 4. The van der Waals surface area contributed by atoms with Gasteiger partial charge in [-0.05, 0) is 80.9 Å². The summed E-state index contributed by atoms with van der Waals surface area (Å²) in [4.78, 5) is 25.6. The Morgan fingerprint density at radius 1 is 1.05 bits per heavy atom. The molecular weight excluding hydrogens is 554 g/mol. The summed E-state index contributed by atoms with van der Waals surface area (Å²) in [7, 11) is 1.91. The summed E-state index contributed by atoms with van der Waals surface area (Å²) >= 11 is 0. The van der Waals surface area contributed by atoms with E-state index in [0.29, 0.717) is 23.8 Å². The Bertz CT molecular complexity index is 1770. The number of nitrogens with one attached hydrogen (secondary N) is 3. The van der Waals surface area contributed by atoms with Crippen molar-refractivity contribution < 1.29 is 9.15 Å². The number of aromatic nitrogens is 3. The standard InChI is InChI=1S/C34H37N7O3/c1-40(27-6-3-2-4-7-27)30-18-25-20-37-34(38-26-9-11-28(12-10-26)44-29-8-5-15-35-21-29)39-32(25)41(33(30)42)22-24-14-17-43-31(24)23-13-16-36-19-23/h2-4,6-7,9-12,14,17-18,20,23,29,35-36H,5,8,13,15-16,19,21-22H2,1H3,(H,37,38,39). The molecule has 3 N–H and O–H groups in total.